The Kier molecular flexibility index (Phi) is 9.31. The van der Waals surface area contributed by atoms with Crippen LogP contribution >= 0.6 is 11.9 Å². The predicted molar refractivity (Wildman–Crippen MR) is 140 cm³/mol. The summed E-state index contributed by atoms with van der Waals surface area (Å²) in [6, 6.07) is 23.1. The molecule has 0 fully saturated rings. The lowest BCUT2D eigenvalue weighted by Gasteiger charge is -2.19. The maximum absolute atomic E-state index is 13.1. The third-order valence-electron chi connectivity index (χ3n) is 5.71. The van der Waals surface area contributed by atoms with Gasteiger partial charge in [0.1, 0.15) is 5.82 Å². The van der Waals surface area contributed by atoms with E-state index in [1.54, 1.807) is 12.1 Å². The number of halogens is 1. The third kappa shape index (κ3) is 8.00. The SMILES string of the molecule is CCCC(NSc1ccc(F)cc1)C(=O)NCc1cccc(Cc2ccc(C(C)(C)C)cc2)c1. The first kappa shape index (κ1) is 26.0. The molecule has 3 aromatic carbocycles. The number of rotatable bonds is 10. The van der Waals surface area contributed by atoms with Crippen LogP contribution in [0.1, 0.15) is 62.8 Å². The molecule has 1 amide bonds. The molecule has 180 valence electrons. The summed E-state index contributed by atoms with van der Waals surface area (Å²) in [6.45, 7) is 9.21. The van der Waals surface area contributed by atoms with Crippen molar-refractivity contribution in [3.63, 3.8) is 0 Å². The van der Waals surface area contributed by atoms with Crippen molar-refractivity contribution in [1.82, 2.24) is 10.0 Å². The van der Waals surface area contributed by atoms with Gasteiger partial charge in [0.25, 0.3) is 0 Å². The normalized spacial score (nSPS) is 12.4. The quantitative estimate of drug-likeness (QED) is 0.315. The Morgan fingerprint density at radius 1 is 0.941 bits per heavy atom. The molecular formula is C29H35FN2OS. The Hall–Kier alpha value is -2.63. The second kappa shape index (κ2) is 12.2. The lowest BCUT2D eigenvalue weighted by atomic mass is 9.86. The molecule has 1 atom stereocenters. The van der Waals surface area contributed by atoms with Crippen molar-refractivity contribution in [3.05, 3.63) is 101 Å². The van der Waals surface area contributed by atoms with Gasteiger partial charge in [-0.05, 0) is 76.7 Å². The van der Waals surface area contributed by atoms with E-state index in [2.05, 4.69) is 74.1 Å². The highest BCUT2D eigenvalue weighted by Gasteiger charge is 2.17. The zero-order valence-electron chi connectivity index (χ0n) is 20.5. The van der Waals surface area contributed by atoms with E-state index in [-0.39, 0.29) is 23.2 Å². The topological polar surface area (TPSA) is 41.1 Å². The van der Waals surface area contributed by atoms with E-state index in [1.807, 2.05) is 12.1 Å². The highest BCUT2D eigenvalue weighted by Crippen LogP contribution is 2.23. The van der Waals surface area contributed by atoms with Crippen LogP contribution in [0.2, 0.25) is 0 Å². The van der Waals surface area contributed by atoms with Gasteiger partial charge >= 0.3 is 0 Å². The summed E-state index contributed by atoms with van der Waals surface area (Å²) in [7, 11) is 0. The first-order valence-electron chi connectivity index (χ1n) is 11.9. The van der Waals surface area contributed by atoms with E-state index < -0.39 is 0 Å². The molecule has 0 radical (unpaired) electrons. The molecule has 3 aromatic rings. The Bertz CT molecular complexity index is 1060. The molecule has 0 aromatic heterocycles. The average Bonchev–Trinajstić information content (AvgIpc) is 2.81. The van der Waals surface area contributed by atoms with Crippen LogP contribution in [-0.4, -0.2) is 11.9 Å². The largest absolute Gasteiger partial charge is 0.351 e. The van der Waals surface area contributed by atoms with Gasteiger partial charge in [-0.2, -0.15) is 0 Å². The van der Waals surface area contributed by atoms with Crippen LogP contribution in [0.4, 0.5) is 4.39 Å². The maximum Gasteiger partial charge on any atom is 0.238 e. The highest BCUT2D eigenvalue weighted by molar-refractivity contribution is 7.97. The molecule has 3 nitrogen and oxygen atoms in total. The number of amides is 1. The molecule has 1 unspecified atom stereocenters. The van der Waals surface area contributed by atoms with Gasteiger partial charge in [-0.25, -0.2) is 9.11 Å². The summed E-state index contributed by atoms with van der Waals surface area (Å²) in [6.07, 6.45) is 2.48. The maximum atomic E-state index is 13.1. The van der Waals surface area contributed by atoms with Crippen molar-refractivity contribution in [3.8, 4) is 0 Å². The van der Waals surface area contributed by atoms with E-state index >= 15 is 0 Å². The Morgan fingerprint density at radius 2 is 1.62 bits per heavy atom. The van der Waals surface area contributed by atoms with Gasteiger partial charge in [-0.3, -0.25) is 4.79 Å². The van der Waals surface area contributed by atoms with Crippen LogP contribution in [0.15, 0.2) is 77.7 Å². The third-order valence-corrected chi connectivity index (χ3v) is 6.62. The van der Waals surface area contributed by atoms with Crippen LogP contribution in [0.5, 0.6) is 0 Å². The summed E-state index contributed by atoms with van der Waals surface area (Å²) >= 11 is 1.36. The Balaban J connectivity index is 1.55. The summed E-state index contributed by atoms with van der Waals surface area (Å²) in [5.74, 6) is -0.295. The van der Waals surface area contributed by atoms with Gasteiger partial charge in [0.15, 0.2) is 0 Å². The molecule has 0 aliphatic heterocycles. The summed E-state index contributed by atoms with van der Waals surface area (Å²) in [4.78, 5) is 13.7. The Morgan fingerprint density at radius 3 is 2.26 bits per heavy atom. The second-order valence-electron chi connectivity index (χ2n) is 9.68. The van der Waals surface area contributed by atoms with E-state index in [1.165, 1.54) is 40.8 Å². The van der Waals surface area contributed by atoms with Crippen molar-refractivity contribution >= 4 is 17.9 Å². The van der Waals surface area contributed by atoms with E-state index in [4.69, 9.17) is 0 Å². The van der Waals surface area contributed by atoms with Crippen LogP contribution in [0.3, 0.4) is 0 Å². The van der Waals surface area contributed by atoms with Crippen LogP contribution in [0, 0.1) is 5.82 Å². The molecular weight excluding hydrogens is 443 g/mol. The zero-order chi connectivity index (χ0) is 24.6. The fourth-order valence-corrected chi connectivity index (χ4v) is 4.47. The van der Waals surface area contributed by atoms with E-state index in [0.717, 1.165) is 29.7 Å². The molecule has 0 aliphatic rings. The molecule has 3 rings (SSSR count). The first-order valence-corrected chi connectivity index (χ1v) is 12.7. The standard InChI is InChI=1S/C29H35FN2OS/c1-5-7-27(32-34-26-16-14-25(30)15-17-26)28(33)31-20-23-9-6-8-22(19-23)18-21-10-12-24(13-11-21)29(2,3)4/h6,8-17,19,27,32H,5,7,18,20H2,1-4H3,(H,31,33). The van der Waals surface area contributed by atoms with E-state index in [0.29, 0.717) is 6.54 Å². The van der Waals surface area contributed by atoms with Crippen molar-refractivity contribution in [1.29, 1.82) is 0 Å². The molecule has 0 spiro atoms. The molecule has 0 saturated carbocycles. The van der Waals surface area contributed by atoms with Crippen LogP contribution in [0.25, 0.3) is 0 Å². The Labute approximate surface area is 207 Å². The molecule has 0 heterocycles. The molecule has 0 aliphatic carbocycles. The number of hydrogen-bond acceptors (Lipinski definition) is 3. The van der Waals surface area contributed by atoms with Crippen molar-refractivity contribution < 1.29 is 9.18 Å². The van der Waals surface area contributed by atoms with Crippen molar-refractivity contribution in [2.24, 2.45) is 0 Å². The monoisotopic (exact) mass is 478 g/mol. The summed E-state index contributed by atoms with van der Waals surface area (Å²) < 4.78 is 16.3. The van der Waals surface area contributed by atoms with Crippen molar-refractivity contribution in [2.75, 3.05) is 0 Å². The lowest BCUT2D eigenvalue weighted by molar-refractivity contribution is -0.123. The van der Waals surface area contributed by atoms with Gasteiger partial charge < -0.3 is 5.32 Å². The average molecular weight is 479 g/mol. The van der Waals surface area contributed by atoms with Gasteiger partial charge in [-0.1, -0.05) is 82.6 Å². The van der Waals surface area contributed by atoms with Gasteiger partial charge in [0.2, 0.25) is 5.91 Å². The zero-order valence-corrected chi connectivity index (χ0v) is 21.3. The predicted octanol–water partition coefficient (Wildman–Crippen LogP) is 6.80. The second-order valence-corrected chi connectivity index (χ2v) is 10.6. The number of carbonyl (C=O) groups is 1. The summed E-state index contributed by atoms with van der Waals surface area (Å²) in [5.41, 5.74) is 5.07. The van der Waals surface area contributed by atoms with E-state index in [9.17, 15) is 9.18 Å². The van der Waals surface area contributed by atoms with Gasteiger partial charge in [-0.15, -0.1) is 0 Å². The first-order chi connectivity index (χ1) is 16.2. The number of carbonyl (C=O) groups excluding carboxylic acids is 1. The van der Waals surface area contributed by atoms with Gasteiger partial charge in [0, 0.05) is 11.4 Å². The highest BCUT2D eigenvalue weighted by atomic mass is 32.2. The summed E-state index contributed by atoms with van der Waals surface area (Å²) in [5, 5.41) is 3.07. The van der Waals surface area contributed by atoms with Crippen molar-refractivity contribution in [2.45, 2.75) is 69.9 Å². The molecule has 0 bridgehead atoms. The van der Waals surface area contributed by atoms with Crippen LogP contribution < -0.4 is 10.0 Å². The minimum atomic E-state index is -0.315. The number of benzene rings is 3. The number of hydrogen-bond donors (Lipinski definition) is 2. The fraction of sp³-hybridized carbons (Fsp3) is 0.345. The molecule has 34 heavy (non-hydrogen) atoms. The fourth-order valence-electron chi connectivity index (χ4n) is 3.69. The van der Waals surface area contributed by atoms with Crippen LogP contribution in [-0.2, 0) is 23.2 Å². The molecule has 2 N–H and O–H groups in total. The minimum Gasteiger partial charge on any atom is -0.351 e. The lowest BCUT2D eigenvalue weighted by Crippen LogP contribution is -2.41. The minimum absolute atomic E-state index is 0.0281. The van der Waals surface area contributed by atoms with Gasteiger partial charge in [0.05, 0.1) is 6.04 Å². The molecule has 5 heteroatoms. The molecule has 0 saturated heterocycles. The smallest absolute Gasteiger partial charge is 0.238 e. The number of nitrogens with one attached hydrogen (secondary N) is 2.